The van der Waals surface area contributed by atoms with Crippen LogP contribution in [0.25, 0.3) is 0 Å². The molecule has 1 aliphatic rings. The van der Waals surface area contributed by atoms with Gasteiger partial charge in [-0.25, -0.2) is 4.98 Å². The Morgan fingerprint density at radius 2 is 2.05 bits per heavy atom. The number of nitrogens with one attached hydrogen (secondary N) is 1. The van der Waals surface area contributed by atoms with Gasteiger partial charge in [0.1, 0.15) is 0 Å². The van der Waals surface area contributed by atoms with Gasteiger partial charge in [0.2, 0.25) is 0 Å². The third-order valence-corrected chi connectivity index (χ3v) is 5.69. The van der Waals surface area contributed by atoms with Gasteiger partial charge in [-0.2, -0.15) is 11.8 Å². The Morgan fingerprint density at radius 1 is 1.32 bits per heavy atom. The van der Waals surface area contributed by atoms with E-state index >= 15 is 0 Å². The first kappa shape index (κ1) is 15.1. The number of thioether (sulfide) groups is 1. The first-order chi connectivity index (χ1) is 9.26. The third kappa shape index (κ3) is 3.86. The Balaban J connectivity index is 2.17. The summed E-state index contributed by atoms with van der Waals surface area (Å²) < 4.78 is 0. The van der Waals surface area contributed by atoms with E-state index in [0.29, 0.717) is 5.92 Å². The molecule has 0 aromatic carbocycles. The Labute approximate surface area is 125 Å². The average Bonchev–Trinajstić information content (AvgIpc) is 2.89. The normalized spacial score (nSPS) is 17.7. The van der Waals surface area contributed by atoms with Crippen LogP contribution in [0, 0.1) is 0 Å². The van der Waals surface area contributed by atoms with Crippen LogP contribution in [0.3, 0.4) is 0 Å². The van der Waals surface area contributed by atoms with Crippen LogP contribution >= 0.6 is 23.1 Å². The molecule has 0 saturated carbocycles. The molecule has 0 bridgehead atoms. The Morgan fingerprint density at radius 3 is 2.68 bits per heavy atom. The van der Waals surface area contributed by atoms with Gasteiger partial charge in [-0.3, -0.25) is 0 Å². The molecule has 0 amide bonds. The maximum atomic E-state index is 4.95. The number of nitrogens with zero attached hydrogens (tertiary/aromatic N) is 2. The quantitative estimate of drug-likeness (QED) is 0.872. The fraction of sp³-hybridized carbons (Fsp3) is 0.786. The molecular weight excluding hydrogens is 274 g/mol. The molecule has 1 unspecified atom stereocenters. The fourth-order valence-corrected chi connectivity index (χ4v) is 4.29. The second-order valence-electron chi connectivity index (χ2n) is 4.99. The van der Waals surface area contributed by atoms with Crippen LogP contribution in [0.1, 0.15) is 43.7 Å². The zero-order chi connectivity index (χ0) is 13.7. The summed E-state index contributed by atoms with van der Waals surface area (Å²) in [4.78, 5) is 8.85. The van der Waals surface area contributed by atoms with Crippen LogP contribution in [-0.2, 0) is 6.54 Å². The predicted molar refractivity (Wildman–Crippen MR) is 87.7 cm³/mol. The summed E-state index contributed by atoms with van der Waals surface area (Å²) in [6, 6.07) is 0. The molecule has 1 N–H and O–H groups in total. The lowest BCUT2D eigenvalue weighted by molar-refractivity contribution is 0.676. The van der Waals surface area contributed by atoms with Gasteiger partial charge in [-0.05, 0) is 18.9 Å². The van der Waals surface area contributed by atoms with E-state index < -0.39 is 0 Å². The van der Waals surface area contributed by atoms with Crippen molar-refractivity contribution < 1.29 is 0 Å². The van der Waals surface area contributed by atoms with Gasteiger partial charge in [0.15, 0.2) is 5.13 Å². The number of hydrogen-bond donors (Lipinski definition) is 1. The monoisotopic (exact) mass is 299 g/mol. The highest BCUT2D eigenvalue weighted by molar-refractivity contribution is 7.99. The summed E-state index contributed by atoms with van der Waals surface area (Å²) in [7, 11) is 0. The summed E-state index contributed by atoms with van der Waals surface area (Å²) in [5.41, 5.74) is 1.32. The highest BCUT2D eigenvalue weighted by atomic mass is 32.2. The number of aromatic nitrogens is 1. The van der Waals surface area contributed by atoms with E-state index in [1.165, 1.54) is 27.2 Å². The van der Waals surface area contributed by atoms with Crippen LogP contribution in [0.4, 0.5) is 5.13 Å². The van der Waals surface area contributed by atoms with Crippen LogP contribution in [0.15, 0.2) is 0 Å². The SMILES string of the molecule is CCNCc1sc(N2CCSCC2)nc1C(C)CC. The zero-order valence-corrected chi connectivity index (χ0v) is 13.9. The van der Waals surface area contributed by atoms with Crippen molar-refractivity contribution in [1.29, 1.82) is 0 Å². The second kappa shape index (κ2) is 7.50. The van der Waals surface area contributed by atoms with Crippen molar-refractivity contribution in [3.63, 3.8) is 0 Å². The molecule has 2 rings (SSSR count). The van der Waals surface area contributed by atoms with Gasteiger partial charge in [-0.15, -0.1) is 11.3 Å². The van der Waals surface area contributed by atoms with Gasteiger partial charge >= 0.3 is 0 Å². The minimum Gasteiger partial charge on any atom is -0.346 e. The van der Waals surface area contributed by atoms with Crippen LogP contribution in [0.5, 0.6) is 0 Å². The summed E-state index contributed by atoms with van der Waals surface area (Å²) in [5, 5.41) is 4.69. The van der Waals surface area contributed by atoms with Gasteiger partial charge in [0.05, 0.1) is 5.69 Å². The van der Waals surface area contributed by atoms with Crippen molar-refractivity contribution in [2.45, 2.75) is 39.7 Å². The molecule has 5 heteroatoms. The summed E-state index contributed by atoms with van der Waals surface area (Å²) in [6.45, 7) is 11.0. The molecule has 1 saturated heterocycles. The molecule has 0 aliphatic carbocycles. The lowest BCUT2D eigenvalue weighted by Gasteiger charge is -2.25. The van der Waals surface area contributed by atoms with Crippen molar-refractivity contribution in [3.8, 4) is 0 Å². The highest BCUT2D eigenvalue weighted by Gasteiger charge is 2.20. The topological polar surface area (TPSA) is 28.2 Å². The largest absolute Gasteiger partial charge is 0.346 e. The third-order valence-electron chi connectivity index (χ3n) is 3.61. The predicted octanol–water partition coefficient (Wildman–Crippen LogP) is 3.32. The van der Waals surface area contributed by atoms with Crippen molar-refractivity contribution in [2.24, 2.45) is 0 Å². The van der Waals surface area contributed by atoms with E-state index in [1.807, 2.05) is 11.3 Å². The lowest BCUT2D eigenvalue weighted by Crippen LogP contribution is -2.32. The average molecular weight is 300 g/mol. The Kier molecular flexibility index (Phi) is 5.98. The number of rotatable bonds is 6. The summed E-state index contributed by atoms with van der Waals surface area (Å²) in [6.07, 6.45) is 1.16. The Hall–Kier alpha value is -0.260. The minimum atomic E-state index is 0.567. The molecule has 108 valence electrons. The van der Waals surface area contributed by atoms with Crippen LogP contribution < -0.4 is 10.2 Å². The summed E-state index contributed by atoms with van der Waals surface area (Å²) >= 11 is 3.94. The minimum absolute atomic E-state index is 0.567. The van der Waals surface area contributed by atoms with Crippen molar-refractivity contribution in [3.05, 3.63) is 10.6 Å². The van der Waals surface area contributed by atoms with E-state index in [4.69, 9.17) is 4.98 Å². The number of thiazole rings is 1. The zero-order valence-electron chi connectivity index (χ0n) is 12.2. The highest BCUT2D eigenvalue weighted by Crippen LogP contribution is 2.33. The standard InChI is InChI=1S/C14H25N3S2/c1-4-11(3)13-12(10-15-5-2)19-14(16-13)17-6-8-18-9-7-17/h11,15H,4-10H2,1-3H3. The molecule has 1 atom stereocenters. The van der Waals surface area contributed by atoms with E-state index in [0.717, 1.165) is 32.6 Å². The van der Waals surface area contributed by atoms with E-state index in [1.54, 1.807) is 0 Å². The number of hydrogen-bond acceptors (Lipinski definition) is 5. The van der Waals surface area contributed by atoms with Gasteiger partial charge in [0, 0.05) is 36.0 Å². The van der Waals surface area contributed by atoms with Crippen LogP contribution in [-0.4, -0.2) is 36.1 Å². The maximum Gasteiger partial charge on any atom is 0.185 e. The first-order valence-electron chi connectivity index (χ1n) is 7.29. The summed E-state index contributed by atoms with van der Waals surface area (Å²) in [5.74, 6) is 3.04. The molecule has 1 aromatic heterocycles. The van der Waals surface area contributed by atoms with Crippen LogP contribution in [0.2, 0.25) is 0 Å². The molecule has 19 heavy (non-hydrogen) atoms. The molecule has 1 fully saturated rings. The number of anilines is 1. The molecule has 3 nitrogen and oxygen atoms in total. The molecule has 0 radical (unpaired) electrons. The van der Waals surface area contributed by atoms with Crippen molar-refractivity contribution >= 4 is 28.2 Å². The lowest BCUT2D eigenvalue weighted by atomic mass is 10.0. The molecule has 0 spiro atoms. The first-order valence-corrected chi connectivity index (χ1v) is 9.26. The molecular formula is C14H25N3S2. The molecule has 2 heterocycles. The van der Waals surface area contributed by atoms with Gasteiger partial charge in [0.25, 0.3) is 0 Å². The van der Waals surface area contributed by atoms with Crippen molar-refractivity contribution in [1.82, 2.24) is 10.3 Å². The van der Waals surface area contributed by atoms with E-state index in [9.17, 15) is 0 Å². The second-order valence-corrected chi connectivity index (χ2v) is 7.28. The van der Waals surface area contributed by atoms with E-state index in [2.05, 4.69) is 42.7 Å². The fourth-order valence-electron chi connectivity index (χ4n) is 2.18. The smallest absolute Gasteiger partial charge is 0.185 e. The Bertz CT molecular complexity index is 386. The molecule has 1 aliphatic heterocycles. The van der Waals surface area contributed by atoms with E-state index in [-0.39, 0.29) is 0 Å². The molecule has 1 aromatic rings. The van der Waals surface area contributed by atoms with Gasteiger partial charge < -0.3 is 10.2 Å². The van der Waals surface area contributed by atoms with Gasteiger partial charge in [-0.1, -0.05) is 20.8 Å². The van der Waals surface area contributed by atoms with Crippen molar-refractivity contribution in [2.75, 3.05) is 36.0 Å². The maximum absolute atomic E-state index is 4.95.